The van der Waals surface area contributed by atoms with Crippen LogP contribution < -0.4 is 5.73 Å². The van der Waals surface area contributed by atoms with Gasteiger partial charge in [-0.1, -0.05) is 20.3 Å². The van der Waals surface area contributed by atoms with Gasteiger partial charge in [-0.25, -0.2) is 0 Å². The number of piperidine rings is 1. The van der Waals surface area contributed by atoms with Crippen LogP contribution in [-0.4, -0.2) is 41.1 Å². The zero-order valence-corrected chi connectivity index (χ0v) is 10.4. The van der Waals surface area contributed by atoms with Gasteiger partial charge in [0.25, 0.3) is 0 Å². The Morgan fingerprint density at radius 1 is 1.62 bits per heavy atom. The highest BCUT2D eigenvalue weighted by molar-refractivity contribution is 5.76. The first-order valence-corrected chi connectivity index (χ1v) is 6.26. The van der Waals surface area contributed by atoms with E-state index >= 15 is 0 Å². The molecule has 3 unspecified atom stereocenters. The lowest BCUT2D eigenvalue weighted by Gasteiger charge is -2.34. The van der Waals surface area contributed by atoms with Crippen LogP contribution in [0.15, 0.2) is 0 Å². The summed E-state index contributed by atoms with van der Waals surface area (Å²) in [6, 6.07) is -0.0333. The van der Waals surface area contributed by atoms with E-state index in [-0.39, 0.29) is 18.1 Å². The molecule has 4 nitrogen and oxygen atoms in total. The second-order valence-electron chi connectivity index (χ2n) is 4.93. The number of hydrogen-bond acceptors (Lipinski definition) is 3. The molecule has 0 aromatic rings. The summed E-state index contributed by atoms with van der Waals surface area (Å²) in [7, 11) is 0. The van der Waals surface area contributed by atoms with E-state index in [1.165, 1.54) is 0 Å². The summed E-state index contributed by atoms with van der Waals surface area (Å²) < 4.78 is 0. The lowest BCUT2D eigenvalue weighted by molar-refractivity contribution is -0.135. The molecule has 3 N–H and O–H groups in total. The number of carbonyl (C=O) groups excluding carboxylic acids is 1. The van der Waals surface area contributed by atoms with Gasteiger partial charge in [0.15, 0.2) is 0 Å². The summed E-state index contributed by atoms with van der Waals surface area (Å²) in [5.41, 5.74) is 5.84. The Labute approximate surface area is 97.8 Å². The molecule has 1 fully saturated rings. The highest BCUT2D eigenvalue weighted by Crippen LogP contribution is 2.18. The van der Waals surface area contributed by atoms with E-state index in [1.807, 2.05) is 6.92 Å². The molecule has 1 amide bonds. The maximum atomic E-state index is 11.9. The molecule has 1 rings (SSSR count). The summed E-state index contributed by atoms with van der Waals surface area (Å²) >= 11 is 0. The van der Waals surface area contributed by atoms with Gasteiger partial charge in [0.1, 0.15) is 0 Å². The molecule has 4 heteroatoms. The quantitative estimate of drug-likeness (QED) is 0.745. The predicted octanol–water partition coefficient (Wildman–Crippen LogP) is 0.733. The number of amides is 1. The van der Waals surface area contributed by atoms with Gasteiger partial charge < -0.3 is 15.7 Å². The standard InChI is InChI=1S/C12H24N2O2/c1-3-4-10(13)7-12(16)14-6-5-9(2)11(15)8-14/h9-11,15H,3-8,13H2,1-2H3. The van der Waals surface area contributed by atoms with Gasteiger partial charge in [-0.15, -0.1) is 0 Å². The van der Waals surface area contributed by atoms with E-state index in [4.69, 9.17) is 5.73 Å². The van der Waals surface area contributed by atoms with Crippen molar-refractivity contribution in [1.82, 2.24) is 4.90 Å². The summed E-state index contributed by atoms with van der Waals surface area (Å²) in [5.74, 6) is 0.389. The second kappa shape index (κ2) is 6.21. The Kier molecular flexibility index (Phi) is 5.22. The second-order valence-corrected chi connectivity index (χ2v) is 4.93. The Hall–Kier alpha value is -0.610. The van der Waals surface area contributed by atoms with Crippen molar-refractivity contribution in [3.63, 3.8) is 0 Å². The van der Waals surface area contributed by atoms with Crippen LogP contribution in [0.3, 0.4) is 0 Å². The van der Waals surface area contributed by atoms with Crippen LogP contribution in [0.2, 0.25) is 0 Å². The van der Waals surface area contributed by atoms with E-state index in [0.717, 1.165) is 25.8 Å². The minimum absolute atomic E-state index is 0.0333. The van der Waals surface area contributed by atoms with Gasteiger partial charge in [-0.3, -0.25) is 4.79 Å². The van der Waals surface area contributed by atoms with Gasteiger partial charge in [-0.05, 0) is 18.8 Å². The smallest absolute Gasteiger partial charge is 0.224 e. The average Bonchev–Trinajstić information content (AvgIpc) is 2.22. The van der Waals surface area contributed by atoms with Crippen LogP contribution in [0.1, 0.15) is 39.5 Å². The fraction of sp³-hybridized carbons (Fsp3) is 0.917. The van der Waals surface area contributed by atoms with Crippen molar-refractivity contribution in [1.29, 1.82) is 0 Å². The van der Waals surface area contributed by atoms with E-state index < -0.39 is 0 Å². The average molecular weight is 228 g/mol. The number of rotatable bonds is 4. The minimum atomic E-state index is -0.375. The molecule has 3 atom stereocenters. The molecule has 1 saturated heterocycles. The van der Waals surface area contributed by atoms with Crippen LogP contribution in [0.25, 0.3) is 0 Å². The molecule has 0 aromatic heterocycles. The Bertz CT molecular complexity index is 233. The van der Waals surface area contributed by atoms with E-state index in [1.54, 1.807) is 4.90 Å². The Morgan fingerprint density at radius 2 is 2.31 bits per heavy atom. The van der Waals surface area contributed by atoms with Gasteiger partial charge in [0, 0.05) is 25.6 Å². The van der Waals surface area contributed by atoms with Crippen molar-refractivity contribution >= 4 is 5.91 Å². The topological polar surface area (TPSA) is 66.6 Å². The van der Waals surface area contributed by atoms with E-state index in [2.05, 4.69) is 6.92 Å². The highest BCUT2D eigenvalue weighted by Gasteiger charge is 2.27. The largest absolute Gasteiger partial charge is 0.391 e. The Morgan fingerprint density at radius 3 is 2.88 bits per heavy atom. The number of aliphatic hydroxyl groups is 1. The third kappa shape index (κ3) is 3.76. The number of likely N-dealkylation sites (tertiary alicyclic amines) is 1. The fourth-order valence-electron chi connectivity index (χ4n) is 2.10. The van der Waals surface area contributed by atoms with Gasteiger partial charge in [0.2, 0.25) is 5.91 Å². The van der Waals surface area contributed by atoms with Crippen molar-refractivity contribution in [2.24, 2.45) is 11.7 Å². The number of nitrogens with two attached hydrogens (primary N) is 1. The summed E-state index contributed by atoms with van der Waals surface area (Å²) in [4.78, 5) is 13.6. The molecular formula is C12H24N2O2. The van der Waals surface area contributed by atoms with Crippen molar-refractivity contribution in [3.05, 3.63) is 0 Å². The maximum Gasteiger partial charge on any atom is 0.224 e. The molecule has 0 bridgehead atoms. The third-order valence-corrected chi connectivity index (χ3v) is 3.37. The van der Waals surface area contributed by atoms with Crippen molar-refractivity contribution < 1.29 is 9.90 Å². The normalized spacial score (nSPS) is 27.9. The van der Waals surface area contributed by atoms with E-state index in [0.29, 0.717) is 18.9 Å². The van der Waals surface area contributed by atoms with Crippen LogP contribution in [0, 0.1) is 5.92 Å². The van der Waals surface area contributed by atoms with Crippen molar-refractivity contribution in [3.8, 4) is 0 Å². The van der Waals surface area contributed by atoms with Gasteiger partial charge >= 0.3 is 0 Å². The summed E-state index contributed by atoms with van der Waals surface area (Å²) in [6.07, 6.45) is 2.82. The molecule has 1 aliphatic rings. The number of nitrogens with zero attached hydrogens (tertiary/aromatic N) is 1. The van der Waals surface area contributed by atoms with Crippen molar-refractivity contribution in [2.45, 2.75) is 51.7 Å². The molecule has 1 heterocycles. The molecule has 0 saturated carbocycles. The zero-order chi connectivity index (χ0) is 12.1. The molecule has 16 heavy (non-hydrogen) atoms. The van der Waals surface area contributed by atoms with Crippen LogP contribution in [0.4, 0.5) is 0 Å². The summed E-state index contributed by atoms with van der Waals surface area (Å²) in [5, 5.41) is 9.71. The van der Waals surface area contributed by atoms with E-state index in [9.17, 15) is 9.90 Å². The predicted molar refractivity (Wildman–Crippen MR) is 63.9 cm³/mol. The lowest BCUT2D eigenvalue weighted by Crippen LogP contribution is -2.47. The monoisotopic (exact) mass is 228 g/mol. The number of hydrogen-bond donors (Lipinski definition) is 2. The lowest BCUT2D eigenvalue weighted by atomic mass is 9.95. The minimum Gasteiger partial charge on any atom is -0.391 e. The SMILES string of the molecule is CCCC(N)CC(=O)N1CCC(C)C(O)C1. The fourth-order valence-corrected chi connectivity index (χ4v) is 2.10. The molecular weight excluding hydrogens is 204 g/mol. The van der Waals surface area contributed by atoms with Crippen LogP contribution >= 0.6 is 0 Å². The first-order chi connectivity index (χ1) is 7.54. The molecule has 0 radical (unpaired) electrons. The summed E-state index contributed by atoms with van der Waals surface area (Å²) in [6.45, 7) is 5.32. The maximum absolute atomic E-state index is 11.9. The molecule has 94 valence electrons. The van der Waals surface area contributed by atoms with Gasteiger partial charge in [0.05, 0.1) is 6.10 Å². The molecule has 0 aromatic carbocycles. The van der Waals surface area contributed by atoms with Crippen molar-refractivity contribution in [2.75, 3.05) is 13.1 Å². The molecule has 1 aliphatic heterocycles. The van der Waals surface area contributed by atoms with Gasteiger partial charge in [-0.2, -0.15) is 0 Å². The molecule has 0 aliphatic carbocycles. The van der Waals surface area contributed by atoms with Crippen LogP contribution in [0.5, 0.6) is 0 Å². The highest BCUT2D eigenvalue weighted by atomic mass is 16.3. The zero-order valence-electron chi connectivity index (χ0n) is 10.4. The third-order valence-electron chi connectivity index (χ3n) is 3.37. The number of carbonyl (C=O) groups is 1. The first-order valence-electron chi connectivity index (χ1n) is 6.26. The first kappa shape index (κ1) is 13.5. The Balaban J connectivity index is 2.37. The molecule has 0 spiro atoms. The number of aliphatic hydroxyl groups excluding tert-OH is 1. The van der Waals surface area contributed by atoms with Crippen LogP contribution in [-0.2, 0) is 4.79 Å². The number of β-amino-alcohol motifs (C(OH)–C–C–N with tert-alkyl or cyclic N) is 1.